The summed E-state index contributed by atoms with van der Waals surface area (Å²) in [7, 11) is 0. The lowest BCUT2D eigenvalue weighted by Gasteiger charge is -2.07. The normalized spacial score (nSPS) is 15.9. The summed E-state index contributed by atoms with van der Waals surface area (Å²) >= 11 is 3.44. The molecule has 1 saturated carbocycles. The second kappa shape index (κ2) is 5.16. The molecule has 1 aliphatic rings. The third-order valence-electron chi connectivity index (χ3n) is 3.80. The van der Waals surface area contributed by atoms with E-state index in [1.165, 1.54) is 17.5 Å². The quantitative estimate of drug-likeness (QED) is 0.916. The number of aromatic amines is 1. The molecule has 2 heterocycles. The van der Waals surface area contributed by atoms with Crippen LogP contribution in [-0.4, -0.2) is 19.7 Å². The van der Waals surface area contributed by atoms with Crippen molar-refractivity contribution in [2.45, 2.75) is 45.4 Å². The fourth-order valence-electron chi connectivity index (χ4n) is 2.89. The van der Waals surface area contributed by atoms with Crippen LogP contribution in [0.15, 0.2) is 15.3 Å². The largest absolute Gasteiger partial charge is 0.292 e. The van der Waals surface area contributed by atoms with Gasteiger partial charge in [0, 0.05) is 17.7 Å². The van der Waals surface area contributed by atoms with E-state index in [0.29, 0.717) is 22.0 Å². The molecule has 1 fully saturated rings. The van der Waals surface area contributed by atoms with Crippen LogP contribution in [0.1, 0.15) is 48.8 Å². The Morgan fingerprint density at radius 1 is 1.30 bits per heavy atom. The number of rotatable bonds is 2. The Hall–Kier alpha value is -1.43. The Labute approximate surface area is 125 Å². The van der Waals surface area contributed by atoms with Crippen LogP contribution in [0.25, 0.3) is 5.82 Å². The van der Waals surface area contributed by atoms with Crippen LogP contribution in [0.3, 0.4) is 0 Å². The zero-order chi connectivity index (χ0) is 14.3. The Morgan fingerprint density at radius 2 is 2.00 bits per heavy atom. The number of nitrogens with one attached hydrogen (secondary N) is 1. The Kier molecular flexibility index (Phi) is 3.50. The summed E-state index contributed by atoms with van der Waals surface area (Å²) in [6.07, 6.45) is 4.74. The molecule has 20 heavy (non-hydrogen) atoms. The van der Waals surface area contributed by atoms with E-state index in [9.17, 15) is 4.79 Å². The number of nitrogens with zero attached hydrogens (tertiary/aromatic N) is 3. The maximum Gasteiger partial charge on any atom is 0.287 e. The SMILES string of the molecule is Cc1cc(-n2[nH]c(C3CCCC3)c(Br)c2=O)nc(C)n1. The Morgan fingerprint density at radius 3 is 2.65 bits per heavy atom. The minimum atomic E-state index is -0.0793. The van der Waals surface area contributed by atoms with Gasteiger partial charge in [-0.05, 0) is 42.6 Å². The molecule has 1 aliphatic carbocycles. The van der Waals surface area contributed by atoms with Crippen LogP contribution < -0.4 is 5.56 Å². The van der Waals surface area contributed by atoms with Crippen molar-refractivity contribution in [2.75, 3.05) is 0 Å². The highest BCUT2D eigenvalue weighted by Crippen LogP contribution is 2.35. The molecular formula is C14H17BrN4O. The molecule has 3 rings (SSSR count). The summed E-state index contributed by atoms with van der Waals surface area (Å²) in [6, 6.07) is 1.82. The van der Waals surface area contributed by atoms with Gasteiger partial charge >= 0.3 is 0 Å². The summed E-state index contributed by atoms with van der Waals surface area (Å²) < 4.78 is 2.15. The van der Waals surface area contributed by atoms with Crippen LogP contribution in [-0.2, 0) is 0 Å². The zero-order valence-electron chi connectivity index (χ0n) is 11.6. The minimum absolute atomic E-state index is 0.0793. The second-order valence-corrected chi connectivity index (χ2v) is 6.17. The van der Waals surface area contributed by atoms with Gasteiger partial charge in [0.2, 0.25) is 0 Å². The molecule has 0 unspecified atom stereocenters. The Bertz CT molecular complexity index is 677. The number of aryl methyl sites for hydroxylation is 2. The zero-order valence-corrected chi connectivity index (χ0v) is 13.2. The van der Waals surface area contributed by atoms with Crippen LogP contribution in [0.5, 0.6) is 0 Å². The predicted molar refractivity (Wildman–Crippen MR) is 80.4 cm³/mol. The van der Waals surface area contributed by atoms with Crippen LogP contribution in [0.4, 0.5) is 0 Å². The maximum absolute atomic E-state index is 12.4. The molecule has 0 radical (unpaired) electrons. The van der Waals surface area contributed by atoms with E-state index >= 15 is 0 Å². The number of hydrogen-bond acceptors (Lipinski definition) is 3. The van der Waals surface area contributed by atoms with Crippen molar-refractivity contribution in [3.8, 4) is 5.82 Å². The summed E-state index contributed by atoms with van der Waals surface area (Å²) in [6.45, 7) is 3.73. The van der Waals surface area contributed by atoms with Crippen molar-refractivity contribution in [3.05, 3.63) is 38.1 Å². The molecule has 0 spiro atoms. The Balaban J connectivity index is 2.10. The molecule has 106 valence electrons. The van der Waals surface area contributed by atoms with E-state index in [-0.39, 0.29) is 5.56 Å². The van der Waals surface area contributed by atoms with Gasteiger partial charge in [-0.25, -0.2) is 14.6 Å². The predicted octanol–water partition coefficient (Wildman–Crippen LogP) is 2.99. The van der Waals surface area contributed by atoms with Gasteiger partial charge in [0.05, 0.1) is 5.69 Å². The standard InChI is InChI=1S/C14H17BrN4O/c1-8-7-11(17-9(2)16-8)19-14(20)12(15)13(18-19)10-5-3-4-6-10/h7,10,18H,3-6H2,1-2H3. The van der Waals surface area contributed by atoms with E-state index in [2.05, 4.69) is 31.0 Å². The summed E-state index contributed by atoms with van der Waals surface area (Å²) in [5, 5.41) is 3.23. The van der Waals surface area contributed by atoms with E-state index in [1.54, 1.807) is 0 Å². The molecule has 0 aromatic carbocycles. The molecule has 1 N–H and O–H groups in total. The molecule has 2 aromatic heterocycles. The van der Waals surface area contributed by atoms with Gasteiger partial charge in [0.25, 0.3) is 5.56 Å². The van der Waals surface area contributed by atoms with Crippen molar-refractivity contribution in [1.29, 1.82) is 0 Å². The van der Waals surface area contributed by atoms with E-state index in [0.717, 1.165) is 24.2 Å². The fourth-order valence-corrected chi connectivity index (χ4v) is 3.48. The van der Waals surface area contributed by atoms with Crippen LogP contribution in [0.2, 0.25) is 0 Å². The van der Waals surface area contributed by atoms with E-state index in [1.807, 2.05) is 19.9 Å². The molecule has 0 bridgehead atoms. The van der Waals surface area contributed by atoms with Gasteiger partial charge in [0.15, 0.2) is 5.82 Å². The first-order valence-electron chi connectivity index (χ1n) is 6.89. The molecule has 6 heteroatoms. The number of hydrogen-bond donors (Lipinski definition) is 1. The number of H-pyrrole nitrogens is 1. The lowest BCUT2D eigenvalue weighted by Crippen LogP contribution is -2.17. The molecular weight excluding hydrogens is 320 g/mol. The van der Waals surface area contributed by atoms with Gasteiger partial charge in [0.1, 0.15) is 10.3 Å². The lowest BCUT2D eigenvalue weighted by atomic mass is 10.1. The van der Waals surface area contributed by atoms with Gasteiger partial charge in [-0.15, -0.1) is 0 Å². The first-order chi connectivity index (χ1) is 9.56. The van der Waals surface area contributed by atoms with Crippen molar-refractivity contribution in [3.63, 3.8) is 0 Å². The topological polar surface area (TPSA) is 63.6 Å². The van der Waals surface area contributed by atoms with Gasteiger partial charge in [-0.2, -0.15) is 0 Å². The molecule has 2 aromatic rings. The van der Waals surface area contributed by atoms with Crippen LogP contribution in [0, 0.1) is 13.8 Å². The highest BCUT2D eigenvalue weighted by atomic mass is 79.9. The van der Waals surface area contributed by atoms with Crippen LogP contribution >= 0.6 is 15.9 Å². The highest BCUT2D eigenvalue weighted by Gasteiger charge is 2.24. The van der Waals surface area contributed by atoms with Crippen molar-refractivity contribution in [2.24, 2.45) is 0 Å². The summed E-state index contributed by atoms with van der Waals surface area (Å²) in [5.74, 6) is 1.72. The first-order valence-corrected chi connectivity index (χ1v) is 7.68. The molecule has 5 nitrogen and oxygen atoms in total. The summed E-state index contributed by atoms with van der Waals surface area (Å²) in [4.78, 5) is 21.0. The van der Waals surface area contributed by atoms with Gasteiger partial charge in [-0.1, -0.05) is 12.8 Å². The smallest absolute Gasteiger partial charge is 0.287 e. The first kappa shape index (κ1) is 13.5. The third-order valence-corrected chi connectivity index (χ3v) is 4.57. The number of aromatic nitrogens is 4. The van der Waals surface area contributed by atoms with Crippen molar-refractivity contribution >= 4 is 15.9 Å². The molecule has 0 saturated heterocycles. The lowest BCUT2D eigenvalue weighted by molar-refractivity contribution is 0.670. The van der Waals surface area contributed by atoms with E-state index in [4.69, 9.17) is 0 Å². The molecule has 0 atom stereocenters. The van der Waals surface area contributed by atoms with Gasteiger partial charge in [-0.3, -0.25) is 9.89 Å². The van der Waals surface area contributed by atoms with E-state index < -0.39 is 0 Å². The maximum atomic E-state index is 12.4. The van der Waals surface area contributed by atoms with Crippen molar-refractivity contribution in [1.82, 2.24) is 19.7 Å². The van der Waals surface area contributed by atoms with Crippen molar-refractivity contribution < 1.29 is 0 Å². The highest BCUT2D eigenvalue weighted by molar-refractivity contribution is 9.10. The molecule has 0 aliphatic heterocycles. The summed E-state index contributed by atoms with van der Waals surface area (Å²) in [5.41, 5.74) is 1.78. The second-order valence-electron chi connectivity index (χ2n) is 5.38. The fraction of sp³-hybridized carbons (Fsp3) is 0.500. The van der Waals surface area contributed by atoms with Gasteiger partial charge < -0.3 is 0 Å². The average molecular weight is 337 g/mol. The average Bonchev–Trinajstić information content (AvgIpc) is 2.99. The minimum Gasteiger partial charge on any atom is -0.292 e. The number of halogens is 1. The molecule has 0 amide bonds. The monoisotopic (exact) mass is 336 g/mol. The third kappa shape index (κ3) is 2.32.